The van der Waals surface area contributed by atoms with E-state index < -0.39 is 0 Å². The standard InChI is InChI=1S/C17H21N3O/c1-2-10-21-15-8-5-9-19-17(15)20-16-13-7-4-3-6-12(13)11-14(16)18/h3-9,14,16H,2,10-11,18H2,1H3,(H,19,20). The average Bonchev–Trinajstić information content (AvgIpc) is 2.82. The van der Waals surface area contributed by atoms with Crippen molar-refractivity contribution in [2.24, 2.45) is 5.73 Å². The number of nitrogens with two attached hydrogens (primary N) is 1. The average molecular weight is 283 g/mol. The largest absolute Gasteiger partial charge is 0.490 e. The molecule has 21 heavy (non-hydrogen) atoms. The SMILES string of the molecule is CCCOc1cccnc1NC1c2ccccc2CC1N. The first-order valence-electron chi connectivity index (χ1n) is 7.47. The van der Waals surface area contributed by atoms with Gasteiger partial charge in [0.25, 0.3) is 0 Å². The molecular formula is C17H21N3O. The van der Waals surface area contributed by atoms with Crippen molar-refractivity contribution in [1.82, 2.24) is 4.98 Å². The second-order valence-corrected chi connectivity index (χ2v) is 5.39. The normalized spacial score (nSPS) is 20.1. The molecule has 110 valence electrons. The monoisotopic (exact) mass is 283 g/mol. The van der Waals surface area contributed by atoms with Gasteiger partial charge in [-0.1, -0.05) is 31.2 Å². The van der Waals surface area contributed by atoms with Crippen molar-refractivity contribution in [3.8, 4) is 5.75 Å². The number of hydrogen-bond acceptors (Lipinski definition) is 4. The molecule has 0 spiro atoms. The Bertz CT molecular complexity index is 614. The number of nitrogens with one attached hydrogen (secondary N) is 1. The number of rotatable bonds is 5. The van der Waals surface area contributed by atoms with Gasteiger partial charge < -0.3 is 15.8 Å². The van der Waals surface area contributed by atoms with Gasteiger partial charge in [0.15, 0.2) is 11.6 Å². The molecule has 4 heteroatoms. The summed E-state index contributed by atoms with van der Waals surface area (Å²) in [5.74, 6) is 1.55. The van der Waals surface area contributed by atoms with Crippen LogP contribution in [0.4, 0.5) is 5.82 Å². The molecule has 1 aliphatic rings. The maximum absolute atomic E-state index is 6.30. The Labute approximate surface area is 125 Å². The Hall–Kier alpha value is -2.07. The lowest BCUT2D eigenvalue weighted by Gasteiger charge is -2.21. The van der Waals surface area contributed by atoms with Crippen molar-refractivity contribution in [2.45, 2.75) is 31.8 Å². The van der Waals surface area contributed by atoms with Gasteiger partial charge in [-0.25, -0.2) is 4.98 Å². The molecule has 0 radical (unpaired) electrons. The van der Waals surface area contributed by atoms with Gasteiger partial charge in [0.05, 0.1) is 12.6 Å². The van der Waals surface area contributed by atoms with Gasteiger partial charge >= 0.3 is 0 Å². The zero-order valence-electron chi connectivity index (χ0n) is 12.3. The summed E-state index contributed by atoms with van der Waals surface area (Å²) < 4.78 is 5.75. The highest BCUT2D eigenvalue weighted by atomic mass is 16.5. The van der Waals surface area contributed by atoms with E-state index in [0.717, 1.165) is 24.4 Å². The molecule has 3 N–H and O–H groups in total. The highest BCUT2D eigenvalue weighted by Gasteiger charge is 2.30. The molecule has 1 heterocycles. The van der Waals surface area contributed by atoms with Crippen LogP contribution in [0.3, 0.4) is 0 Å². The van der Waals surface area contributed by atoms with E-state index in [1.54, 1.807) is 6.20 Å². The number of nitrogens with zero attached hydrogens (tertiary/aromatic N) is 1. The van der Waals surface area contributed by atoms with Crippen LogP contribution in [0.5, 0.6) is 5.75 Å². The van der Waals surface area contributed by atoms with Crippen LogP contribution in [0.25, 0.3) is 0 Å². The highest BCUT2D eigenvalue weighted by molar-refractivity contribution is 5.53. The highest BCUT2D eigenvalue weighted by Crippen LogP contribution is 2.34. The minimum atomic E-state index is 0.0587. The zero-order valence-corrected chi connectivity index (χ0v) is 12.3. The number of fused-ring (bicyclic) bond motifs is 1. The molecule has 0 aliphatic heterocycles. The van der Waals surface area contributed by atoms with E-state index in [1.165, 1.54) is 11.1 Å². The second kappa shape index (κ2) is 6.14. The predicted molar refractivity (Wildman–Crippen MR) is 84.5 cm³/mol. The van der Waals surface area contributed by atoms with Crippen molar-refractivity contribution >= 4 is 5.82 Å². The number of ether oxygens (including phenoxy) is 1. The Morgan fingerprint density at radius 3 is 3.00 bits per heavy atom. The Balaban J connectivity index is 1.84. The molecule has 2 unspecified atom stereocenters. The third kappa shape index (κ3) is 2.85. The van der Waals surface area contributed by atoms with Crippen molar-refractivity contribution in [3.05, 3.63) is 53.7 Å². The van der Waals surface area contributed by atoms with Crippen molar-refractivity contribution in [3.63, 3.8) is 0 Å². The third-order valence-corrected chi connectivity index (χ3v) is 3.80. The summed E-state index contributed by atoms with van der Waals surface area (Å²) in [6, 6.07) is 12.4. The summed E-state index contributed by atoms with van der Waals surface area (Å²) in [7, 11) is 0. The summed E-state index contributed by atoms with van der Waals surface area (Å²) >= 11 is 0. The third-order valence-electron chi connectivity index (χ3n) is 3.80. The Morgan fingerprint density at radius 2 is 2.14 bits per heavy atom. The molecule has 2 atom stereocenters. The van der Waals surface area contributed by atoms with E-state index in [2.05, 4.69) is 41.5 Å². The Kier molecular flexibility index (Phi) is 4.06. The van der Waals surface area contributed by atoms with Crippen LogP contribution in [0.15, 0.2) is 42.6 Å². The van der Waals surface area contributed by atoms with E-state index in [1.807, 2.05) is 12.1 Å². The summed E-state index contributed by atoms with van der Waals surface area (Å²) in [5.41, 5.74) is 8.87. The number of benzene rings is 1. The van der Waals surface area contributed by atoms with Crippen molar-refractivity contribution < 1.29 is 4.74 Å². The Morgan fingerprint density at radius 1 is 1.29 bits per heavy atom. The molecule has 0 bridgehead atoms. The molecule has 1 aromatic heterocycles. The topological polar surface area (TPSA) is 60.2 Å². The van der Waals surface area contributed by atoms with Crippen LogP contribution in [-0.2, 0) is 6.42 Å². The van der Waals surface area contributed by atoms with Gasteiger partial charge in [-0.15, -0.1) is 0 Å². The van der Waals surface area contributed by atoms with E-state index in [-0.39, 0.29) is 12.1 Å². The molecule has 0 fully saturated rings. The maximum atomic E-state index is 6.30. The lowest BCUT2D eigenvalue weighted by Crippen LogP contribution is -2.30. The van der Waals surface area contributed by atoms with Crippen molar-refractivity contribution in [1.29, 1.82) is 0 Å². The van der Waals surface area contributed by atoms with Crippen LogP contribution >= 0.6 is 0 Å². The molecule has 2 aromatic rings. The fourth-order valence-electron chi connectivity index (χ4n) is 2.79. The fourth-order valence-corrected chi connectivity index (χ4v) is 2.79. The predicted octanol–water partition coefficient (Wildman–Crippen LogP) is 2.91. The second-order valence-electron chi connectivity index (χ2n) is 5.39. The van der Waals surface area contributed by atoms with Gasteiger partial charge in [-0.3, -0.25) is 0 Å². The molecule has 1 aliphatic carbocycles. The number of anilines is 1. The first-order chi connectivity index (χ1) is 10.3. The van der Waals surface area contributed by atoms with Gasteiger partial charge in [0.2, 0.25) is 0 Å². The quantitative estimate of drug-likeness (QED) is 0.885. The van der Waals surface area contributed by atoms with E-state index >= 15 is 0 Å². The van der Waals surface area contributed by atoms with Crippen molar-refractivity contribution in [2.75, 3.05) is 11.9 Å². The van der Waals surface area contributed by atoms with Crippen LogP contribution in [-0.4, -0.2) is 17.6 Å². The van der Waals surface area contributed by atoms with Gasteiger partial charge in [0, 0.05) is 12.2 Å². The van der Waals surface area contributed by atoms with Gasteiger partial charge in [0.1, 0.15) is 0 Å². The molecular weight excluding hydrogens is 262 g/mol. The molecule has 3 rings (SSSR count). The molecule has 0 amide bonds. The first-order valence-corrected chi connectivity index (χ1v) is 7.47. The fraction of sp³-hybridized carbons (Fsp3) is 0.353. The van der Waals surface area contributed by atoms with Gasteiger partial charge in [-0.2, -0.15) is 0 Å². The molecule has 4 nitrogen and oxygen atoms in total. The van der Waals surface area contributed by atoms with E-state index in [0.29, 0.717) is 6.61 Å². The van der Waals surface area contributed by atoms with Crippen LogP contribution in [0.2, 0.25) is 0 Å². The molecule has 0 saturated carbocycles. The van der Waals surface area contributed by atoms with Gasteiger partial charge in [-0.05, 0) is 36.1 Å². The minimum Gasteiger partial charge on any atom is -0.490 e. The lowest BCUT2D eigenvalue weighted by atomic mass is 10.1. The zero-order chi connectivity index (χ0) is 14.7. The number of hydrogen-bond donors (Lipinski definition) is 2. The summed E-state index contributed by atoms with van der Waals surface area (Å²) in [4.78, 5) is 4.41. The van der Waals surface area contributed by atoms with E-state index in [4.69, 9.17) is 10.5 Å². The lowest BCUT2D eigenvalue weighted by molar-refractivity contribution is 0.317. The van der Waals surface area contributed by atoms with Crippen LogP contribution in [0.1, 0.15) is 30.5 Å². The number of pyridine rings is 1. The van der Waals surface area contributed by atoms with Crippen LogP contribution in [0, 0.1) is 0 Å². The van der Waals surface area contributed by atoms with Crippen LogP contribution < -0.4 is 15.8 Å². The smallest absolute Gasteiger partial charge is 0.169 e. The summed E-state index contributed by atoms with van der Waals surface area (Å²) in [6.07, 6.45) is 3.64. The minimum absolute atomic E-state index is 0.0587. The summed E-state index contributed by atoms with van der Waals surface area (Å²) in [5, 5.41) is 3.46. The number of aromatic nitrogens is 1. The molecule has 0 saturated heterocycles. The molecule has 1 aromatic carbocycles. The summed E-state index contributed by atoms with van der Waals surface area (Å²) in [6.45, 7) is 2.78. The maximum Gasteiger partial charge on any atom is 0.169 e. The van der Waals surface area contributed by atoms with E-state index in [9.17, 15) is 0 Å². The first kappa shape index (κ1) is 13.9.